The molecule has 0 saturated heterocycles. The highest BCUT2D eigenvalue weighted by Crippen LogP contribution is 2.36. The molecule has 4 aromatic rings. The van der Waals surface area contributed by atoms with Crippen molar-refractivity contribution in [2.75, 3.05) is 19.1 Å². The third-order valence-electron chi connectivity index (χ3n) is 6.95. The minimum Gasteiger partial charge on any atom is -0.493 e. The number of ether oxygens (including phenoxy) is 2. The van der Waals surface area contributed by atoms with E-state index < -0.39 is 11.6 Å². The highest BCUT2D eigenvalue weighted by molar-refractivity contribution is 6.02. The van der Waals surface area contributed by atoms with Gasteiger partial charge in [-0.3, -0.25) is 14.5 Å². The second-order valence-corrected chi connectivity index (χ2v) is 10.0. The molecule has 1 N–H and O–H groups in total. The number of carbonyl (C=O) groups is 2. The first-order valence-corrected chi connectivity index (χ1v) is 12.9. The molecule has 9 nitrogen and oxygen atoms in total. The van der Waals surface area contributed by atoms with E-state index in [1.807, 2.05) is 76.2 Å². The summed E-state index contributed by atoms with van der Waals surface area (Å²) in [7, 11) is 3.08. The number of aromatic nitrogens is 3. The number of nitrogens with one attached hydrogen (secondary N) is 1. The van der Waals surface area contributed by atoms with Crippen LogP contribution in [0.2, 0.25) is 0 Å². The average Bonchev–Trinajstić information content (AvgIpc) is 3.34. The van der Waals surface area contributed by atoms with Crippen LogP contribution in [0.15, 0.2) is 66.7 Å². The molecule has 0 spiro atoms. The van der Waals surface area contributed by atoms with Crippen molar-refractivity contribution in [2.24, 2.45) is 0 Å². The summed E-state index contributed by atoms with van der Waals surface area (Å²) in [5.74, 6) is 0.329. The molecule has 9 heteroatoms. The van der Waals surface area contributed by atoms with Gasteiger partial charge in [-0.05, 0) is 62.6 Å². The normalized spacial score (nSPS) is 12.2. The van der Waals surface area contributed by atoms with Crippen LogP contribution in [-0.2, 0) is 16.1 Å². The second kappa shape index (κ2) is 11.6. The van der Waals surface area contributed by atoms with Crippen molar-refractivity contribution in [3.05, 3.63) is 77.9 Å². The molecule has 0 radical (unpaired) electrons. The molecule has 1 atom stereocenters. The predicted octanol–water partition coefficient (Wildman–Crippen LogP) is 4.84. The maximum atomic E-state index is 14.3. The number of carbonyl (C=O) groups excluding carboxylic acids is 2. The van der Waals surface area contributed by atoms with Gasteiger partial charge >= 0.3 is 0 Å². The van der Waals surface area contributed by atoms with E-state index in [9.17, 15) is 9.59 Å². The number of rotatable bonds is 10. The van der Waals surface area contributed by atoms with Gasteiger partial charge in [-0.25, -0.2) is 4.68 Å². The number of hydrogen-bond acceptors (Lipinski definition) is 6. The standard InChI is InChI=1S/C30H35N5O4/c1-7-30(3,4)31-29(37)28(22-13-9-8-12-20(22)2)35(21-16-17-25(38-5)26(18-21)39-6)27(36)19-34-24-15-11-10-14-23(24)32-33-34/h8-18,28H,7,19H2,1-6H3,(H,31,37)/t28-/m1/s1. The highest BCUT2D eigenvalue weighted by atomic mass is 16.5. The minimum atomic E-state index is -0.961. The number of methoxy groups -OCH3 is 2. The van der Waals surface area contributed by atoms with Crippen LogP contribution in [0.1, 0.15) is 44.4 Å². The average molecular weight is 530 g/mol. The van der Waals surface area contributed by atoms with E-state index in [2.05, 4.69) is 15.6 Å². The molecular weight excluding hydrogens is 494 g/mol. The third kappa shape index (κ3) is 5.87. The van der Waals surface area contributed by atoms with E-state index in [1.165, 1.54) is 12.0 Å². The summed E-state index contributed by atoms with van der Waals surface area (Å²) in [5.41, 5.74) is 3.01. The zero-order valence-electron chi connectivity index (χ0n) is 23.3. The summed E-state index contributed by atoms with van der Waals surface area (Å²) < 4.78 is 12.5. The Balaban J connectivity index is 1.88. The van der Waals surface area contributed by atoms with E-state index in [-0.39, 0.29) is 18.4 Å². The van der Waals surface area contributed by atoms with Crippen LogP contribution < -0.4 is 19.7 Å². The first-order chi connectivity index (χ1) is 18.7. The number of aryl methyl sites for hydroxylation is 1. The van der Waals surface area contributed by atoms with Crippen molar-refractivity contribution in [2.45, 2.75) is 52.2 Å². The van der Waals surface area contributed by atoms with Crippen LogP contribution in [0, 0.1) is 6.92 Å². The highest BCUT2D eigenvalue weighted by Gasteiger charge is 2.36. The van der Waals surface area contributed by atoms with Gasteiger partial charge in [0, 0.05) is 17.3 Å². The molecule has 0 unspecified atom stereocenters. The van der Waals surface area contributed by atoms with Crippen LogP contribution in [0.25, 0.3) is 11.0 Å². The molecule has 204 valence electrons. The number of benzene rings is 3. The Bertz CT molecular complexity index is 1480. The molecule has 0 aliphatic heterocycles. The smallest absolute Gasteiger partial charge is 0.249 e. The van der Waals surface area contributed by atoms with Crippen molar-refractivity contribution < 1.29 is 19.1 Å². The Morgan fingerprint density at radius 3 is 2.38 bits per heavy atom. The Hall–Kier alpha value is -4.40. The van der Waals surface area contributed by atoms with E-state index in [0.717, 1.165) is 11.1 Å². The Labute approximate surface area is 228 Å². The van der Waals surface area contributed by atoms with Gasteiger partial charge in [-0.1, -0.05) is 48.5 Å². The first-order valence-electron chi connectivity index (χ1n) is 12.9. The number of nitrogens with zero attached hydrogens (tertiary/aromatic N) is 4. The number of fused-ring (bicyclic) bond motifs is 1. The molecule has 0 aliphatic carbocycles. The maximum Gasteiger partial charge on any atom is 0.249 e. The minimum absolute atomic E-state index is 0.123. The zero-order chi connectivity index (χ0) is 28.2. The first kappa shape index (κ1) is 27.6. The molecule has 0 saturated carbocycles. The quantitative estimate of drug-likeness (QED) is 0.316. The molecule has 3 aromatic carbocycles. The van der Waals surface area contributed by atoms with Crippen molar-refractivity contribution in [1.29, 1.82) is 0 Å². The summed E-state index contributed by atoms with van der Waals surface area (Å²) in [6.45, 7) is 7.74. The van der Waals surface area contributed by atoms with Gasteiger partial charge in [-0.2, -0.15) is 0 Å². The summed E-state index contributed by atoms with van der Waals surface area (Å²) in [6.07, 6.45) is 0.717. The van der Waals surface area contributed by atoms with Gasteiger partial charge in [0.2, 0.25) is 11.8 Å². The molecule has 39 heavy (non-hydrogen) atoms. The van der Waals surface area contributed by atoms with Crippen LogP contribution in [0.3, 0.4) is 0 Å². The lowest BCUT2D eigenvalue weighted by molar-refractivity contribution is -0.128. The fourth-order valence-electron chi connectivity index (χ4n) is 4.43. The Morgan fingerprint density at radius 2 is 1.69 bits per heavy atom. The number of hydrogen-bond donors (Lipinski definition) is 1. The maximum absolute atomic E-state index is 14.3. The van der Waals surface area contributed by atoms with E-state index in [0.29, 0.717) is 34.7 Å². The molecule has 2 amide bonds. The van der Waals surface area contributed by atoms with E-state index in [1.54, 1.807) is 30.0 Å². The largest absolute Gasteiger partial charge is 0.493 e. The molecule has 0 fully saturated rings. The van der Waals surface area contributed by atoms with E-state index in [4.69, 9.17) is 9.47 Å². The van der Waals surface area contributed by atoms with Gasteiger partial charge in [0.05, 0.1) is 19.7 Å². The topological polar surface area (TPSA) is 98.6 Å². The van der Waals surface area contributed by atoms with Gasteiger partial charge in [0.15, 0.2) is 11.5 Å². The Morgan fingerprint density at radius 1 is 1.00 bits per heavy atom. The molecule has 0 bridgehead atoms. The van der Waals surface area contributed by atoms with Gasteiger partial charge in [0.1, 0.15) is 18.1 Å². The fraction of sp³-hybridized carbons (Fsp3) is 0.333. The zero-order valence-corrected chi connectivity index (χ0v) is 23.3. The summed E-state index contributed by atoms with van der Waals surface area (Å²) in [5, 5.41) is 11.6. The number of anilines is 1. The molecule has 4 rings (SSSR count). The van der Waals surface area contributed by atoms with Crippen LogP contribution >= 0.6 is 0 Å². The summed E-state index contributed by atoms with van der Waals surface area (Å²) in [6, 6.07) is 19.3. The van der Waals surface area contributed by atoms with Crippen molar-refractivity contribution in [3.8, 4) is 11.5 Å². The van der Waals surface area contributed by atoms with Gasteiger partial charge in [-0.15, -0.1) is 5.10 Å². The van der Waals surface area contributed by atoms with Crippen molar-refractivity contribution >= 4 is 28.5 Å². The van der Waals surface area contributed by atoms with Crippen molar-refractivity contribution in [3.63, 3.8) is 0 Å². The Kier molecular flexibility index (Phi) is 8.18. The monoisotopic (exact) mass is 529 g/mol. The lowest BCUT2D eigenvalue weighted by Crippen LogP contribution is -2.51. The van der Waals surface area contributed by atoms with E-state index >= 15 is 0 Å². The van der Waals surface area contributed by atoms with Crippen LogP contribution in [0.4, 0.5) is 5.69 Å². The number of para-hydroxylation sites is 1. The second-order valence-electron chi connectivity index (χ2n) is 10.0. The SMILES string of the molecule is CCC(C)(C)NC(=O)[C@@H](c1ccccc1C)N(C(=O)Cn1nnc2ccccc21)c1ccc(OC)c(OC)c1. The number of amides is 2. The fourth-order valence-corrected chi connectivity index (χ4v) is 4.43. The molecular formula is C30H35N5O4. The lowest BCUT2D eigenvalue weighted by Gasteiger charge is -2.35. The molecule has 1 aromatic heterocycles. The summed E-state index contributed by atoms with van der Waals surface area (Å²) in [4.78, 5) is 29.9. The van der Waals surface area contributed by atoms with Gasteiger partial charge in [0.25, 0.3) is 0 Å². The summed E-state index contributed by atoms with van der Waals surface area (Å²) >= 11 is 0. The lowest BCUT2D eigenvalue weighted by atomic mass is 9.95. The molecule has 0 aliphatic rings. The van der Waals surface area contributed by atoms with Gasteiger partial charge < -0.3 is 14.8 Å². The van der Waals surface area contributed by atoms with Crippen molar-refractivity contribution in [1.82, 2.24) is 20.3 Å². The molecule has 1 heterocycles. The van der Waals surface area contributed by atoms with Crippen LogP contribution in [-0.4, -0.2) is 46.6 Å². The predicted molar refractivity (Wildman–Crippen MR) is 151 cm³/mol. The van der Waals surface area contributed by atoms with Crippen LogP contribution in [0.5, 0.6) is 11.5 Å². The third-order valence-corrected chi connectivity index (χ3v) is 6.95.